The summed E-state index contributed by atoms with van der Waals surface area (Å²) in [5.41, 5.74) is 2.41. The molecule has 0 fully saturated rings. The summed E-state index contributed by atoms with van der Waals surface area (Å²) in [6.07, 6.45) is 0.962. The fourth-order valence-corrected chi connectivity index (χ4v) is 2.28. The van der Waals surface area contributed by atoms with Gasteiger partial charge in [-0.05, 0) is 38.0 Å². The molecule has 0 radical (unpaired) electrons. The molecule has 2 rings (SSSR count). The van der Waals surface area contributed by atoms with E-state index in [-0.39, 0.29) is 18.1 Å². The average Bonchev–Trinajstić information content (AvgIpc) is 2.85. The lowest BCUT2D eigenvalue weighted by atomic mass is 10.0. The molecule has 19 heavy (non-hydrogen) atoms. The minimum absolute atomic E-state index is 0.102. The highest BCUT2D eigenvalue weighted by molar-refractivity contribution is 5.75. The van der Waals surface area contributed by atoms with Crippen LogP contribution in [-0.4, -0.2) is 25.2 Å². The number of rotatable bonds is 5. The first-order valence-corrected chi connectivity index (χ1v) is 6.80. The van der Waals surface area contributed by atoms with Crippen LogP contribution in [0, 0.1) is 0 Å². The predicted octanol–water partition coefficient (Wildman–Crippen LogP) is 2.22. The van der Waals surface area contributed by atoms with Gasteiger partial charge >= 0.3 is 5.97 Å². The Bertz CT molecular complexity index is 459. The van der Waals surface area contributed by atoms with Gasteiger partial charge in [0.2, 0.25) is 0 Å². The molecule has 0 aliphatic carbocycles. The Balaban J connectivity index is 2.00. The fourth-order valence-electron chi connectivity index (χ4n) is 2.28. The first-order valence-electron chi connectivity index (χ1n) is 6.80. The maximum absolute atomic E-state index is 11.6. The molecule has 1 heterocycles. The van der Waals surface area contributed by atoms with Crippen LogP contribution in [0.3, 0.4) is 0 Å². The number of hydrogen-bond donors (Lipinski definition) is 1. The predicted molar refractivity (Wildman–Crippen MR) is 73.3 cm³/mol. The van der Waals surface area contributed by atoms with E-state index in [0.29, 0.717) is 6.61 Å². The van der Waals surface area contributed by atoms with E-state index in [4.69, 9.17) is 9.47 Å². The van der Waals surface area contributed by atoms with Crippen molar-refractivity contribution < 1.29 is 14.3 Å². The summed E-state index contributed by atoms with van der Waals surface area (Å²) in [6.45, 7) is 6.86. The smallest absolute Gasteiger partial charge is 0.322 e. The molecule has 0 amide bonds. The minimum Gasteiger partial charge on any atom is -0.493 e. The zero-order valence-corrected chi connectivity index (χ0v) is 11.7. The van der Waals surface area contributed by atoms with E-state index in [0.717, 1.165) is 18.8 Å². The lowest BCUT2D eigenvalue weighted by molar-refractivity contribution is -0.145. The van der Waals surface area contributed by atoms with Crippen LogP contribution in [0.5, 0.6) is 5.75 Å². The maximum atomic E-state index is 11.6. The van der Waals surface area contributed by atoms with Gasteiger partial charge in [-0.2, -0.15) is 0 Å². The standard InChI is InChI=1S/C15H21NO3/c1-4-18-15(17)11(3)16-10(2)12-5-6-14-13(9-12)7-8-19-14/h5-6,9-11,16H,4,7-8H2,1-3H3. The van der Waals surface area contributed by atoms with Gasteiger partial charge in [-0.3, -0.25) is 10.1 Å². The second-order valence-electron chi connectivity index (χ2n) is 4.83. The van der Waals surface area contributed by atoms with Crippen LogP contribution in [0.25, 0.3) is 0 Å². The summed E-state index contributed by atoms with van der Waals surface area (Å²) in [6, 6.07) is 5.99. The van der Waals surface area contributed by atoms with Crippen LogP contribution < -0.4 is 10.1 Å². The largest absolute Gasteiger partial charge is 0.493 e. The fraction of sp³-hybridized carbons (Fsp3) is 0.533. The van der Waals surface area contributed by atoms with Crippen molar-refractivity contribution in [3.05, 3.63) is 29.3 Å². The molecule has 0 bridgehead atoms. The van der Waals surface area contributed by atoms with Gasteiger partial charge in [-0.15, -0.1) is 0 Å². The van der Waals surface area contributed by atoms with Gasteiger partial charge in [0.1, 0.15) is 11.8 Å². The highest BCUT2D eigenvalue weighted by Gasteiger charge is 2.19. The Morgan fingerprint density at radius 2 is 2.26 bits per heavy atom. The van der Waals surface area contributed by atoms with E-state index in [2.05, 4.69) is 11.4 Å². The number of carbonyl (C=O) groups is 1. The Labute approximate surface area is 114 Å². The summed E-state index contributed by atoms with van der Waals surface area (Å²) in [5, 5.41) is 3.26. The molecule has 1 aliphatic heterocycles. The molecule has 1 aromatic carbocycles. The number of fused-ring (bicyclic) bond motifs is 1. The topological polar surface area (TPSA) is 47.6 Å². The lowest BCUT2D eigenvalue weighted by Crippen LogP contribution is -2.37. The van der Waals surface area contributed by atoms with Gasteiger partial charge in [0.05, 0.1) is 13.2 Å². The summed E-state index contributed by atoms with van der Waals surface area (Å²) < 4.78 is 10.5. The summed E-state index contributed by atoms with van der Waals surface area (Å²) in [7, 11) is 0. The van der Waals surface area contributed by atoms with E-state index >= 15 is 0 Å². The molecule has 0 spiro atoms. The van der Waals surface area contributed by atoms with Crippen molar-refractivity contribution in [1.29, 1.82) is 0 Å². The molecule has 2 unspecified atom stereocenters. The van der Waals surface area contributed by atoms with Crippen LogP contribution in [-0.2, 0) is 16.0 Å². The zero-order valence-electron chi connectivity index (χ0n) is 11.7. The second kappa shape index (κ2) is 6.06. The molecule has 0 saturated heterocycles. The van der Waals surface area contributed by atoms with Gasteiger partial charge in [-0.25, -0.2) is 0 Å². The number of benzene rings is 1. The molecule has 1 aliphatic rings. The van der Waals surface area contributed by atoms with E-state index in [9.17, 15) is 4.79 Å². The SMILES string of the molecule is CCOC(=O)C(C)NC(C)c1ccc2c(c1)CCO2. The van der Waals surface area contributed by atoms with Gasteiger partial charge < -0.3 is 9.47 Å². The number of hydrogen-bond acceptors (Lipinski definition) is 4. The first kappa shape index (κ1) is 13.9. The zero-order chi connectivity index (χ0) is 13.8. The van der Waals surface area contributed by atoms with Crippen LogP contribution in [0.15, 0.2) is 18.2 Å². The molecular formula is C15H21NO3. The van der Waals surface area contributed by atoms with Crippen molar-refractivity contribution in [2.24, 2.45) is 0 Å². The van der Waals surface area contributed by atoms with Crippen molar-refractivity contribution in [3.63, 3.8) is 0 Å². The average molecular weight is 263 g/mol. The minimum atomic E-state index is -0.306. The number of nitrogens with one attached hydrogen (secondary N) is 1. The summed E-state index contributed by atoms with van der Waals surface area (Å²) in [4.78, 5) is 11.6. The quantitative estimate of drug-likeness (QED) is 0.828. The molecule has 1 N–H and O–H groups in total. The van der Waals surface area contributed by atoms with Crippen molar-refractivity contribution in [3.8, 4) is 5.75 Å². The number of ether oxygens (including phenoxy) is 2. The van der Waals surface area contributed by atoms with Crippen molar-refractivity contribution in [2.45, 2.75) is 39.3 Å². The highest BCUT2D eigenvalue weighted by atomic mass is 16.5. The maximum Gasteiger partial charge on any atom is 0.322 e. The van der Waals surface area contributed by atoms with E-state index in [1.54, 1.807) is 0 Å². The van der Waals surface area contributed by atoms with Gasteiger partial charge in [0.15, 0.2) is 0 Å². The molecule has 104 valence electrons. The normalized spacial score (nSPS) is 16.4. The van der Waals surface area contributed by atoms with Crippen LogP contribution in [0.2, 0.25) is 0 Å². The van der Waals surface area contributed by atoms with Gasteiger partial charge in [-0.1, -0.05) is 12.1 Å². The van der Waals surface area contributed by atoms with E-state index in [1.165, 1.54) is 11.1 Å². The van der Waals surface area contributed by atoms with Crippen molar-refractivity contribution in [1.82, 2.24) is 5.32 Å². The van der Waals surface area contributed by atoms with Gasteiger partial charge in [0, 0.05) is 12.5 Å². The van der Waals surface area contributed by atoms with Crippen LogP contribution in [0.4, 0.5) is 0 Å². The third kappa shape index (κ3) is 3.26. The molecule has 0 aromatic heterocycles. The summed E-state index contributed by atoms with van der Waals surface area (Å²) in [5.74, 6) is 0.772. The molecule has 4 heteroatoms. The van der Waals surface area contributed by atoms with Crippen molar-refractivity contribution >= 4 is 5.97 Å². The second-order valence-corrected chi connectivity index (χ2v) is 4.83. The Morgan fingerprint density at radius 3 is 3.00 bits per heavy atom. The van der Waals surface area contributed by atoms with Crippen LogP contribution >= 0.6 is 0 Å². The molecule has 0 saturated carbocycles. The lowest BCUT2D eigenvalue weighted by Gasteiger charge is -2.19. The van der Waals surface area contributed by atoms with Crippen LogP contribution in [0.1, 0.15) is 37.9 Å². The highest BCUT2D eigenvalue weighted by Crippen LogP contribution is 2.28. The molecule has 2 atom stereocenters. The monoisotopic (exact) mass is 263 g/mol. The van der Waals surface area contributed by atoms with Crippen molar-refractivity contribution in [2.75, 3.05) is 13.2 Å². The first-order chi connectivity index (χ1) is 9.11. The number of carbonyl (C=O) groups excluding carboxylic acids is 1. The third-order valence-electron chi connectivity index (χ3n) is 3.35. The molecule has 1 aromatic rings. The number of esters is 1. The molecule has 4 nitrogen and oxygen atoms in total. The Kier molecular flexibility index (Phi) is 4.43. The van der Waals surface area contributed by atoms with E-state index in [1.807, 2.05) is 32.9 Å². The summed E-state index contributed by atoms with van der Waals surface area (Å²) >= 11 is 0. The molecular weight excluding hydrogens is 242 g/mol. The Hall–Kier alpha value is -1.55. The van der Waals surface area contributed by atoms with E-state index < -0.39 is 0 Å². The van der Waals surface area contributed by atoms with Gasteiger partial charge in [0.25, 0.3) is 0 Å². The Morgan fingerprint density at radius 1 is 1.47 bits per heavy atom. The third-order valence-corrected chi connectivity index (χ3v) is 3.35.